The number of nitrogens with zero attached hydrogens (tertiary/aromatic N) is 1. The van der Waals surface area contributed by atoms with Crippen LogP contribution < -0.4 is 10.6 Å². The van der Waals surface area contributed by atoms with Crippen LogP contribution in [0.15, 0.2) is 66.7 Å². The van der Waals surface area contributed by atoms with Gasteiger partial charge in [0.05, 0.1) is 0 Å². The highest BCUT2D eigenvalue weighted by atomic mass is 16.2. The van der Waals surface area contributed by atoms with E-state index < -0.39 is 6.04 Å². The lowest BCUT2D eigenvalue weighted by molar-refractivity contribution is -0.124. The molecular weight excluding hydrogens is 410 g/mol. The molecule has 1 aliphatic heterocycles. The van der Waals surface area contributed by atoms with Gasteiger partial charge in [0.1, 0.15) is 6.04 Å². The van der Waals surface area contributed by atoms with Crippen LogP contribution in [0.1, 0.15) is 43.0 Å². The van der Waals surface area contributed by atoms with Crippen molar-refractivity contribution in [3.05, 3.63) is 72.3 Å². The average Bonchev–Trinajstić information content (AvgIpc) is 2.85. The lowest BCUT2D eigenvalue weighted by Gasteiger charge is -2.30. The first-order chi connectivity index (χ1) is 16.0. The van der Waals surface area contributed by atoms with Gasteiger partial charge in [-0.2, -0.15) is 0 Å². The lowest BCUT2D eigenvalue weighted by atomic mass is 9.99. The van der Waals surface area contributed by atoms with Gasteiger partial charge < -0.3 is 15.5 Å². The van der Waals surface area contributed by atoms with Gasteiger partial charge in [0, 0.05) is 11.6 Å². The maximum absolute atomic E-state index is 13.0. The number of fused-ring (bicyclic) bond motifs is 1. The number of carbonyl (C=O) groups is 2. The Morgan fingerprint density at radius 1 is 0.939 bits per heavy atom. The maximum atomic E-state index is 13.0. The second-order valence-electron chi connectivity index (χ2n) is 9.04. The van der Waals surface area contributed by atoms with Gasteiger partial charge in [0.2, 0.25) is 5.91 Å². The molecule has 0 bridgehead atoms. The van der Waals surface area contributed by atoms with Crippen LogP contribution in [0.4, 0.5) is 0 Å². The van der Waals surface area contributed by atoms with Crippen LogP contribution in [0.5, 0.6) is 0 Å². The summed E-state index contributed by atoms with van der Waals surface area (Å²) in [4.78, 5) is 28.2. The quantitative estimate of drug-likeness (QED) is 0.560. The minimum Gasteiger partial charge on any atom is -0.351 e. The summed E-state index contributed by atoms with van der Waals surface area (Å²) < 4.78 is 0. The standard InChI is InChI=1S/C28H33N3O2/c1-3-7-26(28(33)29-25-14-16-31(2)17-15-25)30-27(32)24-13-12-22-18-21(10-11-23(22)19-24)20-8-5-4-6-9-20/h4-6,8-13,18-19,25-26H,3,7,14-17H2,1-2H3,(H,29,33)(H,30,32)/t26-/m0/s1. The zero-order valence-electron chi connectivity index (χ0n) is 19.5. The van der Waals surface area contributed by atoms with Crippen molar-refractivity contribution in [3.63, 3.8) is 0 Å². The molecule has 0 spiro atoms. The Labute approximate surface area is 196 Å². The highest BCUT2D eigenvalue weighted by molar-refractivity contribution is 6.01. The molecule has 5 heteroatoms. The molecule has 1 saturated heterocycles. The summed E-state index contributed by atoms with van der Waals surface area (Å²) in [6.07, 6.45) is 3.35. The molecule has 0 aliphatic carbocycles. The van der Waals surface area contributed by atoms with Gasteiger partial charge in [0.15, 0.2) is 0 Å². The van der Waals surface area contributed by atoms with E-state index in [1.165, 1.54) is 5.56 Å². The number of piperidine rings is 1. The summed E-state index contributed by atoms with van der Waals surface area (Å²) in [5, 5.41) is 8.21. The second-order valence-corrected chi connectivity index (χ2v) is 9.04. The van der Waals surface area contributed by atoms with Crippen molar-refractivity contribution in [3.8, 4) is 11.1 Å². The number of hydrogen-bond acceptors (Lipinski definition) is 3. The monoisotopic (exact) mass is 443 g/mol. The van der Waals surface area contributed by atoms with Crippen LogP contribution in [-0.2, 0) is 4.79 Å². The molecule has 2 N–H and O–H groups in total. The van der Waals surface area contributed by atoms with E-state index in [9.17, 15) is 9.59 Å². The van der Waals surface area contributed by atoms with Crippen molar-refractivity contribution < 1.29 is 9.59 Å². The SMILES string of the molecule is CCC[C@H](NC(=O)c1ccc2cc(-c3ccccc3)ccc2c1)C(=O)NC1CCN(C)CC1. The molecular formula is C28H33N3O2. The highest BCUT2D eigenvalue weighted by Gasteiger charge is 2.25. The average molecular weight is 444 g/mol. The fourth-order valence-electron chi connectivity index (χ4n) is 4.45. The van der Waals surface area contributed by atoms with E-state index in [1.807, 2.05) is 49.4 Å². The van der Waals surface area contributed by atoms with Gasteiger partial charge in [-0.1, -0.05) is 61.9 Å². The van der Waals surface area contributed by atoms with E-state index in [1.54, 1.807) is 0 Å². The molecule has 1 aliphatic rings. The fourth-order valence-corrected chi connectivity index (χ4v) is 4.45. The van der Waals surface area contributed by atoms with Gasteiger partial charge in [-0.05, 0) is 79.5 Å². The van der Waals surface area contributed by atoms with Crippen molar-refractivity contribution in [1.82, 2.24) is 15.5 Å². The van der Waals surface area contributed by atoms with Crippen LogP contribution in [0.3, 0.4) is 0 Å². The largest absolute Gasteiger partial charge is 0.351 e. The van der Waals surface area contributed by atoms with Crippen molar-refractivity contribution >= 4 is 22.6 Å². The number of rotatable bonds is 7. The summed E-state index contributed by atoms with van der Waals surface area (Å²) in [7, 11) is 2.10. The number of nitrogens with one attached hydrogen (secondary N) is 2. The zero-order valence-corrected chi connectivity index (χ0v) is 19.5. The minimum atomic E-state index is -0.515. The molecule has 33 heavy (non-hydrogen) atoms. The summed E-state index contributed by atoms with van der Waals surface area (Å²) >= 11 is 0. The van der Waals surface area contributed by atoms with Crippen molar-refractivity contribution in [2.75, 3.05) is 20.1 Å². The Balaban J connectivity index is 1.45. The van der Waals surface area contributed by atoms with Crippen LogP contribution in [0, 0.1) is 0 Å². The Kier molecular flexibility index (Phi) is 7.40. The predicted molar refractivity (Wildman–Crippen MR) is 134 cm³/mol. The first-order valence-electron chi connectivity index (χ1n) is 11.9. The molecule has 0 unspecified atom stereocenters. The van der Waals surface area contributed by atoms with Gasteiger partial charge in [-0.25, -0.2) is 0 Å². The molecule has 5 nitrogen and oxygen atoms in total. The van der Waals surface area contributed by atoms with Gasteiger partial charge in [-0.3, -0.25) is 9.59 Å². The summed E-state index contributed by atoms with van der Waals surface area (Å²) in [5.41, 5.74) is 2.89. The lowest BCUT2D eigenvalue weighted by Crippen LogP contribution is -2.51. The van der Waals surface area contributed by atoms with Gasteiger partial charge in [-0.15, -0.1) is 0 Å². The minimum absolute atomic E-state index is 0.0759. The molecule has 3 aromatic rings. The fraction of sp³-hybridized carbons (Fsp3) is 0.357. The molecule has 0 radical (unpaired) electrons. The van der Waals surface area contributed by atoms with Crippen LogP contribution >= 0.6 is 0 Å². The Morgan fingerprint density at radius 3 is 2.36 bits per heavy atom. The molecule has 0 aromatic heterocycles. The molecule has 172 valence electrons. The number of benzene rings is 3. The summed E-state index contributed by atoms with van der Waals surface area (Å²) in [5.74, 6) is -0.283. The van der Waals surface area contributed by atoms with Crippen LogP contribution in [-0.4, -0.2) is 48.9 Å². The molecule has 0 saturated carbocycles. The zero-order chi connectivity index (χ0) is 23.2. The maximum Gasteiger partial charge on any atom is 0.251 e. The summed E-state index contributed by atoms with van der Waals surface area (Å²) in [6, 6.07) is 21.9. The number of carbonyl (C=O) groups excluding carboxylic acids is 2. The number of likely N-dealkylation sites (tertiary alicyclic amines) is 1. The summed E-state index contributed by atoms with van der Waals surface area (Å²) in [6.45, 7) is 4.00. The van der Waals surface area contributed by atoms with Crippen LogP contribution in [0.2, 0.25) is 0 Å². The van der Waals surface area contributed by atoms with E-state index >= 15 is 0 Å². The predicted octanol–water partition coefficient (Wildman–Crippen LogP) is 4.62. The smallest absolute Gasteiger partial charge is 0.251 e. The molecule has 1 fully saturated rings. The molecule has 4 rings (SSSR count). The Hall–Kier alpha value is -3.18. The molecule has 1 atom stereocenters. The third-order valence-electron chi connectivity index (χ3n) is 6.47. The van der Waals surface area contributed by atoms with Crippen molar-refractivity contribution in [1.29, 1.82) is 0 Å². The first kappa shape index (κ1) is 23.0. The molecule has 3 aromatic carbocycles. The normalized spacial score (nSPS) is 15.8. The van der Waals surface area contributed by atoms with E-state index in [4.69, 9.17) is 0 Å². The van der Waals surface area contributed by atoms with Gasteiger partial charge in [0.25, 0.3) is 5.91 Å². The van der Waals surface area contributed by atoms with Crippen molar-refractivity contribution in [2.24, 2.45) is 0 Å². The highest BCUT2D eigenvalue weighted by Crippen LogP contribution is 2.25. The van der Waals surface area contributed by atoms with E-state index in [2.05, 4.69) is 46.8 Å². The molecule has 1 heterocycles. The Bertz CT molecular complexity index is 1100. The topological polar surface area (TPSA) is 61.4 Å². The number of amides is 2. The Morgan fingerprint density at radius 2 is 1.64 bits per heavy atom. The van der Waals surface area contributed by atoms with Crippen molar-refractivity contribution in [2.45, 2.75) is 44.7 Å². The first-order valence-corrected chi connectivity index (χ1v) is 11.9. The van der Waals surface area contributed by atoms with E-state index in [-0.39, 0.29) is 17.9 Å². The number of hydrogen-bond donors (Lipinski definition) is 2. The van der Waals surface area contributed by atoms with Crippen LogP contribution in [0.25, 0.3) is 21.9 Å². The second kappa shape index (κ2) is 10.6. The van der Waals surface area contributed by atoms with Gasteiger partial charge >= 0.3 is 0 Å². The third-order valence-corrected chi connectivity index (χ3v) is 6.47. The van der Waals surface area contributed by atoms with E-state index in [0.29, 0.717) is 12.0 Å². The molecule has 2 amide bonds. The van der Waals surface area contributed by atoms with E-state index in [0.717, 1.165) is 48.7 Å². The third kappa shape index (κ3) is 5.79.